The molecule has 1 aromatic heterocycles. The van der Waals surface area contributed by atoms with Crippen molar-refractivity contribution in [3.05, 3.63) is 47.3 Å². The van der Waals surface area contributed by atoms with E-state index >= 15 is 0 Å². The Bertz CT molecular complexity index is 797. The maximum absolute atomic E-state index is 12.6. The Kier molecular flexibility index (Phi) is 10.3. The van der Waals surface area contributed by atoms with Crippen molar-refractivity contribution in [3.63, 3.8) is 0 Å². The van der Waals surface area contributed by atoms with Gasteiger partial charge in [-0.15, -0.1) is 24.0 Å². The summed E-state index contributed by atoms with van der Waals surface area (Å²) in [5.74, 6) is 0.727. The van der Waals surface area contributed by atoms with Crippen LogP contribution in [0, 0.1) is 6.92 Å². The van der Waals surface area contributed by atoms with E-state index < -0.39 is 6.61 Å². The Morgan fingerprint density at radius 2 is 2.03 bits per heavy atom. The number of alkyl halides is 2. The molecule has 0 spiro atoms. The number of halogens is 3. The molecule has 2 aromatic rings. The molecule has 0 saturated carbocycles. The summed E-state index contributed by atoms with van der Waals surface area (Å²) in [6, 6.07) is 5.21. The van der Waals surface area contributed by atoms with Gasteiger partial charge in [0.25, 0.3) is 0 Å². The van der Waals surface area contributed by atoms with Gasteiger partial charge in [0.1, 0.15) is 5.75 Å². The number of likely N-dealkylation sites (N-methyl/N-ethyl adjacent to an activating group) is 1. The standard InChI is InChI=1S/C19H28F2N6O.HI/c1-13-6-7-17(28-18(20)21)14(8-13)9-23-19(22-2)24-11-16(26(3)4)15-10-25-27(5)12-15;/h6-8,10,12,16,18H,9,11H2,1-5H3,(H2,22,23,24);1H. The summed E-state index contributed by atoms with van der Waals surface area (Å²) >= 11 is 0. The summed E-state index contributed by atoms with van der Waals surface area (Å²) < 4.78 is 31.6. The molecule has 1 aromatic carbocycles. The second-order valence-electron chi connectivity index (χ2n) is 6.72. The number of aromatic nitrogens is 2. The second kappa shape index (κ2) is 11.9. The van der Waals surface area contributed by atoms with E-state index in [2.05, 4.69) is 30.4 Å². The summed E-state index contributed by atoms with van der Waals surface area (Å²) in [7, 11) is 7.54. The number of aryl methyl sites for hydroxylation is 2. The number of guanidine groups is 1. The van der Waals surface area contributed by atoms with E-state index in [1.165, 1.54) is 0 Å². The van der Waals surface area contributed by atoms with Crippen LogP contribution in [0.3, 0.4) is 0 Å². The van der Waals surface area contributed by atoms with E-state index in [-0.39, 0.29) is 35.8 Å². The fourth-order valence-corrected chi connectivity index (χ4v) is 2.86. The first-order valence-electron chi connectivity index (χ1n) is 8.94. The number of nitrogens with one attached hydrogen (secondary N) is 2. The predicted molar refractivity (Wildman–Crippen MR) is 121 cm³/mol. The number of ether oxygens (including phenoxy) is 1. The quantitative estimate of drug-likeness (QED) is 0.317. The average Bonchev–Trinajstić information content (AvgIpc) is 3.05. The zero-order valence-electron chi connectivity index (χ0n) is 17.3. The van der Waals surface area contributed by atoms with Gasteiger partial charge in [-0.05, 0) is 27.1 Å². The Morgan fingerprint density at radius 1 is 1.31 bits per heavy atom. The molecule has 0 saturated heterocycles. The van der Waals surface area contributed by atoms with Crippen LogP contribution in [-0.4, -0.2) is 54.9 Å². The number of benzene rings is 1. The lowest BCUT2D eigenvalue weighted by molar-refractivity contribution is -0.0504. The van der Waals surface area contributed by atoms with Crippen molar-refractivity contribution in [1.82, 2.24) is 25.3 Å². The van der Waals surface area contributed by atoms with Crippen molar-refractivity contribution in [2.45, 2.75) is 26.1 Å². The normalized spacial score (nSPS) is 12.7. The van der Waals surface area contributed by atoms with Crippen LogP contribution in [0.15, 0.2) is 35.6 Å². The average molecular weight is 522 g/mol. The highest BCUT2D eigenvalue weighted by molar-refractivity contribution is 14.0. The van der Waals surface area contributed by atoms with E-state index in [0.29, 0.717) is 24.6 Å². The first-order valence-corrected chi connectivity index (χ1v) is 8.94. The van der Waals surface area contributed by atoms with Gasteiger partial charge < -0.3 is 20.3 Å². The minimum atomic E-state index is -2.86. The van der Waals surface area contributed by atoms with Crippen LogP contribution in [0.1, 0.15) is 22.7 Å². The van der Waals surface area contributed by atoms with Gasteiger partial charge in [-0.1, -0.05) is 17.7 Å². The van der Waals surface area contributed by atoms with Crippen molar-refractivity contribution in [3.8, 4) is 5.75 Å². The zero-order chi connectivity index (χ0) is 20.7. The molecule has 2 rings (SSSR count). The van der Waals surface area contributed by atoms with Crippen LogP contribution in [0.5, 0.6) is 5.75 Å². The highest BCUT2D eigenvalue weighted by Gasteiger charge is 2.16. The van der Waals surface area contributed by atoms with Crippen LogP contribution in [0.2, 0.25) is 0 Å². The van der Waals surface area contributed by atoms with Crippen molar-refractivity contribution in [2.75, 3.05) is 27.7 Å². The van der Waals surface area contributed by atoms with Gasteiger partial charge in [0.2, 0.25) is 0 Å². The minimum absolute atomic E-state index is 0. The molecule has 29 heavy (non-hydrogen) atoms. The molecule has 0 bridgehead atoms. The molecular formula is C19H29F2IN6O. The molecule has 0 fully saturated rings. The largest absolute Gasteiger partial charge is 0.434 e. The van der Waals surface area contributed by atoms with Crippen molar-refractivity contribution in [2.24, 2.45) is 12.0 Å². The van der Waals surface area contributed by atoms with Gasteiger partial charge in [-0.25, -0.2) is 0 Å². The zero-order valence-corrected chi connectivity index (χ0v) is 19.6. The molecule has 1 unspecified atom stereocenters. The molecule has 0 radical (unpaired) electrons. The Labute approximate surface area is 187 Å². The maximum atomic E-state index is 12.6. The molecule has 7 nitrogen and oxygen atoms in total. The molecule has 162 valence electrons. The number of nitrogens with zero attached hydrogens (tertiary/aromatic N) is 4. The third-order valence-electron chi connectivity index (χ3n) is 4.30. The Balaban J connectivity index is 0.00000420. The molecule has 1 heterocycles. The van der Waals surface area contributed by atoms with Gasteiger partial charge >= 0.3 is 6.61 Å². The fourth-order valence-electron chi connectivity index (χ4n) is 2.86. The number of aliphatic imine (C=N–C) groups is 1. The van der Waals surface area contributed by atoms with Crippen molar-refractivity contribution in [1.29, 1.82) is 0 Å². The van der Waals surface area contributed by atoms with Gasteiger partial charge in [0.05, 0.1) is 12.2 Å². The SMILES string of the molecule is CN=C(NCc1cc(C)ccc1OC(F)F)NCC(c1cnn(C)c1)N(C)C.I. The summed E-state index contributed by atoms with van der Waals surface area (Å²) in [6.45, 7) is -0.0485. The monoisotopic (exact) mass is 522 g/mol. The predicted octanol–water partition coefficient (Wildman–Crippen LogP) is 2.92. The summed E-state index contributed by atoms with van der Waals surface area (Å²) in [5.41, 5.74) is 2.69. The Morgan fingerprint density at radius 3 is 2.59 bits per heavy atom. The van der Waals surface area contributed by atoms with Crippen LogP contribution in [0.25, 0.3) is 0 Å². The molecule has 0 aliphatic heterocycles. The summed E-state index contributed by atoms with van der Waals surface area (Å²) in [5, 5.41) is 10.7. The van der Waals surface area contributed by atoms with E-state index in [1.54, 1.807) is 23.9 Å². The third-order valence-corrected chi connectivity index (χ3v) is 4.30. The molecule has 10 heteroatoms. The lowest BCUT2D eigenvalue weighted by atomic mass is 10.1. The van der Waals surface area contributed by atoms with Gasteiger partial charge in [-0.3, -0.25) is 9.67 Å². The highest BCUT2D eigenvalue weighted by atomic mass is 127. The van der Waals surface area contributed by atoms with Crippen LogP contribution < -0.4 is 15.4 Å². The minimum Gasteiger partial charge on any atom is -0.434 e. The molecule has 0 amide bonds. The first-order chi connectivity index (χ1) is 13.3. The van der Waals surface area contributed by atoms with E-state index in [0.717, 1.165) is 11.1 Å². The van der Waals surface area contributed by atoms with Crippen molar-refractivity contribution >= 4 is 29.9 Å². The number of rotatable bonds is 8. The highest BCUT2D eigenvalue weighted by Crippen LogP contribution is 2.22. The lowest BCUT2D eigenvalue weighted by Crippen LogP contribution is -2.41. The summed E-state index contributed by atoms with van der Waals surface area (Å²) in [6.07, 6.45) is 3.81. The third kappa shape index (κ3) is 7.77. The number of hydrogen-bond acceptors (Lipinski definition) is 4. The molecular weight excluding hydrogens is 493 g/mol. The molecule has 0 aliphatic rings. The number of hydrogen-bond donors (Lipinski definition) is 2. The second-order valence-corrected chi connectivity index (χ2v) is 6.72. The Hall–Kier alpha value is -1.95. The smallest absolute Gasteiger partial charge is 0.387 e. The van der Waals surface area contributed by atoms with Gasteiger partial charge in [0, 0.05) is 44.5 Å². The fraction of sp³-hybridized carbons (Fsp3) is 0.474. The topological polar surface area (TPSA) is 66.7 Å². The molecule has 2 N–H and O–H groups in total. The lowest BCUT2D eigenvalue weighted by Gasteiger charge is -2.24. The van der Waals surface area contributed by atoms with Crippen LogP contribution >= 0.6 is 24.0 Å². The molecule has 1 atom stereocenters. The first kappa shape index (κ1) is 25.1. The van der Waals surface area contributed by atoms with Crippen molar-refractivity contribution < 1.29 is 13.5 Å². The van der Waals surface area contributed by atoms with Gasteiger partial charge in [-0.2, -0.15) is 13.9 Å². The molecule has 0 aliphatic carbocycles. The van der Waals surface area contributed by atoms with Crippen LogP contribution in [0.4, 0.5) is 8.78 Å². The van der Waals surface area contributed by atoms with E-state index in [9.17, 15) is 8.78 Å². The summed E-state index contributed by atoms with van der Waals surface area (Å²) in [4.78, 5) is 6.30. The van der Waals surface area contributed by atoms with E-state index in [4.69, 9.17) is 0 Å². The van der Waals surface area contributed by atoms with Gasteiger partial charge in [0.15, 0.2) is 5.96 Å². The maximum Gasteiger partial charge on any atom is 0.387 e. The van der Waals surface area contributed by atoms with Crippen LogP contribution in [-0.2, 0) is 13.6 Å². The van der Waals surface area contributed by atoms with E-state index in [1.807, 2.05) is 46.5 Å².